The van der Waals surface area contributed by atoms with Gasteiger partial charge in [-0.15, -0.1) is 0 Å². The van der Waals surface area contributed by atoms with E-state index in [1.54, 1.807) is 13.1 Å². The SMILES string of the molecule is CN=C(NCc1cc(Cl)ccc1OC(F)F)NC1CCN(Cc2ccccn2)CC1. The zero-order valence-corrected chi connectivity index (χ0v) is 17.6. The first kappa shape index (κ1) is 22.2. The molecule has 0 atom stereocenters. The number of hydrogen-bond acceptors (Lipinski definition) is 4. The lowest BCUT2D eigenvalue weighted by atomic mass is 10.0. The summed E-state index contributed by atoms with van der Waals surface area (Å²) in [5.74, 6) is 0.710. The maximum Gasteiger partial charge on any atom is 0.387 e. The molecule has 0 aliphatic carbocycles. The van der Waals surface area contributed by atoms with Gasteiger partial charge in [0.2, 0.25) is 0 Å². The third-order valence-corrected chi connectivity index (χ3v) is 5.18. The van der Waals surface area contributed by atoms with Crippen molar-refractivity contribution in [3.8, 4) is 5.75 Å². The molecule has 3 rings (SSSR count). The van der Waals surface area contributed by atoms with E-state index >= 15 is 0 Å². The number of nitrogens with one attached hydrogen (secondary N) is 2. The number of benzene rings is 1. The Morgan fingerprint density at radius 3 is 2.77 bits per heavy atom. The van der Waals surface area contributed by atoms with E-state index in [1.165, 1.54) is 12.1 Å². The Balaban J connectivity index is 1.48. The van der Waals surface area contributed by atoms with Crippen LogP contribution in [0, 0.1) is 0 Å². The third-order valence-electron chi connectivity index (χ3n) is 4.95. The van der Waals surface area contributed by atoms with E-state index < -0.39 is 6.61 Å². The number of rotatable bonds is 7. The Labute approximate surface area is 180 Å². The van der Waals surface area contributed by atoms with Crippen LogP contribution in [0.1, 0.15) is 24.1 Å². The Hall–Kier alpha value is -2.45. The maximum atomic E-state index is 12.6. The van der Waals surface area contributed by atoms with E-state index in [0.717, 1.165) is 38.2 Å². The predicted octanol–water partition coefficient (Wildman–Crippen LogP) is 3.67. The van der Waals surface area contributed by atoms with Crippen molar-refractivity contribution in [1.29, 1.82) is 0 Å². The molecular formula is C21H26ClF2N5O. The molecule has 1 fully saturated rings. The number of aromatic nitrogens is 1. The van der Waals surface area contributed by atoms with E-state index in [0.29, 0.717) is 16.5 Å². The average Bonchev–Trinajstić information content (AvgIpc) is 2.74. The van der Waals surface area contributed by atoms with Gasteiger partial charge in [0.1, 0.15) is 5.75 Å². The number of guanidine groups is 1. The number of ether oxygens (including phenoxy) is 1. The molecule has 0 radical (unpaired) electrons. The van der Waals surface area contributed by atoms with Gasteiger partial charge in [0.05, 0.1) is 5.69 Å². The summed E-state index contributed by atoms with van der Waals surface area (Å²) in [6.07, 6.45) is 3.77. The average molecular weight is 438 g/mol. The second-order valence-corrected chi connectivity index (χ2v) is 7.51. The van der Waals surface area contributed by atoms with Crippen molar-refractivity contribution in [2.45, 2.75) is 38.6 Å². The number of likely N-dealkylation sites (tertiary alicyclic amines) is 1. The Bertz CT molecular complexity index is 829. The van der Waals surface area contributed by atoms with Crippen LogP contribution in [0.3, 0.4) is 0 Å². The summed E-state index contributed by atoms with van der Waals surface area (Å²) in [5, 5.41) is 7.02. The fourth-order valence-electron chi connectivity index (χ4n) is 3.42. The van der Waals surface area contributed by atoms with Gasteiger partial charge < -0.3 is 15.4 Å². The van der Waals surface area contributed by atoms with E-state index in [-0.39, 0.29) is 18.3 Å². The normalized spacial score (nSPS) is 16.0. The van der Waals surface area contributed by atoms with Crippen molar-refractivity contribution in [3.05, 3.63) is 58.9 Å². The quantitative estimate of drug-likeness (QED) is 0.511. The van der Waals surface area contributed by atoms with E-state index in [2.05, 4.69) is 30.2 Å². The summed E-state index contributed by atoms with van der Waals surface area (Å²) in [7, 11) is 1.68. The first-order chi connectivity index (χ1) is 14.5. The van der Waals surface area contributed by atoms with Gasteiger partial charge >= 0.3 is 6.61 Å². The van der Waals surface area contributed by atoms with Crippen molar-refractivity contribution in [2.24, 2.45) is 4.99 Å². The Kier molecular flexibility index (Phi) is 8.21. The summed E-state index contributed by atoms with van der Waals surface area (Å²) >= 11 is 6.00. The Morgan fingerprint density at radius 1 is 1.30 bits per heavy atom. The lowest BCUT2D eigenvalue weighted by molar-refractivity contribution is -0.0504. The second kappa shape index (κ2) is 11.1. The van der Waals surface area contributed by atoms with Gasteiger partial charge in [0.15, 0.2) is 5.96 Å². The minimum Gasteiger partial charge on any atom is -0.434 e. The second-order valence-electron chi connectivity index (χ2n) is 7.07. The highest BCUT2D eigenvalue weighted by atomic mass is 35.5. The molecule has 1 aliphatic heterocycles. The van der Waals surface area contributed by atoms with Gasteiger partial charge in [0, 0.05) is 56.1 Å². The van der Waals surface area contributed by atoms with Crippen LogP contribution in [0.15, 0.2) is 47.6 Å². The molecule has 0 spiro atoms. The fourth-order valence-corrected chi connectivity index (χ4v) is 3.61. The minimum atomic E-state index is -2.89. The van der Waals surface area contributed by atoms with Gasteiger partial charge in [0.25, 0.3) is 0 Å². The molecule has 30 heavy (non-hydrogen) atoms. The van der Waals surface area contributed by atoms with Crippen molar-refractivity contribution in [3.63, 3.8) is 0 Å². The summed E-state index contributed by atoms with van der Waals surface area (Å²) in [5.41, 5.74) is 1.61. The van der Waals surface area contributed by atoms with Gasteiger partial charge in [-0.25, -0.2) is 0 Å². The monoisotopic (exact) mass is 437 g/mol. The number of nitrogens with zero attached hydrogens (tertiary/aromatic N) is 3. The summed E-state index contributed by atoms with van der Waals surface area (Å²) in [4.78, 5) is 11.0. The van der Waals surface area contributed by atoms with Gasteiger partial charge in [-0.1, -0.05) is 17.7 Å². The highest BCUT2D eigenvalue weighted by molar-refractivity contribution is 6.30. The molecule has 6 nitrogen and oxygen atoms in total. The standard InChI is InChI=1S/C21H26ClF2N5O/c1-25-21(27-13-15-12-16(22)5-6-19(15)30-20(23)24)28-17-7-10-29(11-8-17)14-18-4-2-3-9-26-18/h2-6,9,12,17,20H,7-8,10-11,13-14H2,1H3,(H2,25,27,28). The molecule has 0 amide bonds. The van der Waals surface area contributed by atoms with Crippen LogP contribution in [0.5, 0.6) is 5.75 Å². The first-order valence-corrected chi connectivity index (χ1v) is 10.2. The van der Waals surface area contributed by atoms with Gasteiger partial charge in [-0.05, 0) is 43.2 Å². The molecule has 162 valence electrons. The highest BCUT2D eigenvalue weighted by Crippen LogP contribution is 2.24. The number of halogens is 3. The minimum absolute atomic E-state index is 0.0974. The molecule has 0 unspecified atom stereocenters. The zero-order chi connectivity index (χ0) is 21.3. The lowest BCUT2D eigenvalue weighted by Crippen LogP contribution is -2.48. The molecule has 1 saturated heterocycles. The highest BCUT2D eigenvalue weighted by Gasteiger charge is 2.20. The molecule has 0 bridgehead atoms. The van der Waals surface area contributed by atoms with Crippen LogP contribution in [-0.4, -0.2) is 48.6 Å². The number of piperidine rings is 1. The molecule has 1 aromatic heterocycles. The Morgan fingerprint density at radius 2 is 2.10 bits per heavy atom. The predicted molar refractivity (Wildman–Crippen MR) is 114 cm³/mol. The molecule has 2 aromatic rings. The summed E-state index contributed by atoms with van der Waals surface area (Å²) in [6.45, 7) is 0.152. The van der Waals surface area contributed by atoms with Crippen LogP contribution < -0.4 is 15.4 Å². The van der Waals surface area contributed by atoms with Crippen molar-refractivity contribution < 1.29 is 13.5 Å². The number of aliphatic imine (C=N–C) groups is 1. The molecule has 1 aromatic carbocycles. The van der Waals surface area contributed by atoms with Crippen LogP contribution >= 0.6 is 11.6 Å². The van der Waals surface area contributed by atoms with E-state index in [4.69, 9.17) is 11.6 Å². The molecule has 0 saturated carbocycles. The van der Waals surface area contributed by atoms with Crippen molar-refractivity contribution in [2.75, 3.05) is 20.1 Å². The summed E-state index contributed by atoms with van der Waals surface area (Å²) in [6, 6.07) is 10.8. The summed E-state index contributed by atoms with van der Waals surface area (Å²) < 4.78 is 29.8. The van der Waals surface area contributed by atoms with Crippen LogP contribution in [0.4, 0.5) is 8.78 Å². The van der Waals surface area contributed by atoms with Gasteiger partial charge in [-0.2, -0.15) is 8.78 Å². The maximum absolute atomic E-state index is 12.6. The molecule has 9 heteroatoms. The molecule has 2 N–H and O–H groups in total. The largest absolute Gasteiger partial charge is 0.434 e. The topological polar surface area (TPSA) is 61.8 Å². The first-order valence-electron chi connectivity index (χ1n) is 9.86. The van der Waals surface area contributed by atoms with Crippen LogP contribution in [0.2, 0.25) is 5.02 Å². The van der Waals surface area contributed by atoms with Crippen molar-refractivity contribution >= 4 is 17.6 Å². The van der Waals surface area contributed by atoms with Crippen LogP contribution in [-0.2, 0) is 13.1 Å². The van der Waals surface area contributed by atoms with E-state index in [9.17, 15) is 8.78 Å². The van der Waals surface area contributed by atoms with Crippen LogP contribution in [0.25, 0.3) is 0 Å². The fraction of sp³-hybridized carbons (Fsp3) is 0.429. The third kappa shape index (κ3) is 6.81. The molecular weight excluding hydrogens is 412 g/mol. The van der Waals surface area contributed by atoms with Crippen molar-refractivity contribution in [1.82, 2.24) is 20.5 Å². The number of pyridine rings is 1. The lowest BCUT2D eigenvalue weighted by Gasteiger charge is -2.32. The number of alkyl halides is 2. The smallest absolute Gasteiger partial charge is 0.387 e. The van der Waals surface area contributed by atoms with E-state index in [1.807, 2.05) is 24.4 Å². The number of hydrogen-bond donors (Lipinski definition) is 2. The molecule has 1 aliphatic rings. The van der Waals surface area contributed by atoms with Gasteiger partial charge in [-0.3, -0.25) is 14.9 Å². The zero-order valence-electron chi connectivity index (χ0n) is 16.8. The molecule has 2 heterocycles.